The molecule has 0 saturated carbocycles. The summed E-state index contributed by atoms with van der Waals surface area (Å²) in [7, 11) is 0. The van der Waals surface area contributed by atoms with Crippen LogP contribution in [0.1, 0.15) is 47.1 Å². The number of Topliss-reactive ketones (excluding diaryl/α,β-unsaturated/α-hetero) is 1. The number of hydrogen-bond donors (Lipinski definition) is 0. The summed E-state index contributed by atoms with van der Waals surface area (Å²) in [5.74, 6) is 0.0485. The van der Waals surface area contributed by atoms with Crippen molar-refractivity contribution in [1.29, 1.82) is 0 Å². The fourth-order valence-electron chi connectivity index (χ4n) is 4.75. The highest BCUT2D eigenvalue weighted by Crippen LogP contribution is 2.34. The molecule has 0 radical (unpaired) electrons. The van der Waals surface area contributed by atoms with Crippen molar-refractivity contribution in [2.45, 2.75) is 59.5 Å². The number of benzene rings is 1. The molecule has 0 aromatic heterocycles. The van der Waals surface area contributed by atoms with Gasteiger partial charge in [-0.05, 0) is 60.6 Å². The first-order valence-corrected chi connectivity index (χ1v) is 12.0. The van der Waals surface area contributed by atoms with Crippen molar-refractivity contribution in [3.63, 3.8) is 0 Å². The van der Waals surface area contributed by atoms with E-state index in [2.05, 4.69) is 77.6 Å². The monoisotopic (exact) mass is 450 g/mol. The minimum absolute atomic E-state index is 0.00546. The second-order valence-electron chi connectivity index (χ2n) is 11.4. The lowest BCUT2D eigenvalue weighted by Gasteiger charge is -2.47. The van der Waals surface area contributed by atoms with Crippen molar-refractivity contribution in [1.82, 2.24) is 14.7 Å². The molecule has 0 unspecified atom stereocenters. The van der Waals surface area contributed by atoms with Gasteiger partial charge in [0.05, 0.1) is 5.70 Å². The van der Waals surface area contributed by atoms with Crippen molar-refractivity contribution >= 4 is 17.3 Å². The molecule has 1 aromatic carbocycles. The molecule has 1 aliphatic carbocycles. The SMILES string of the molecule is Cc1ccc(N(C(C)(C)C)C(C)(C)C)cc1.O=C1C=C(N2CC2)C(=O)C(N2CC2)=C1N1CC1. The number of nitrogens with zero attached hydrogens (tertiary/aromatic N) is 4. The molecule has 3 saturated heterocycles. The molecule has 3 heterocycles. The van der Waals surface area contributed by atoms with Crippen LogP contribution >= 0.6 is 0 Å². The Bertz CT molecular complexity index is 982. The van der Waals surface area contributed by atoms with Crippen LogP contribution in [0.5, 0.6) is 0 Å². The molecule has 0 spiro atoms. The molecule has 5 rings (SSSR count). The van der Waals surface area contributed by atoms with Crippen LogP contribution < -0.4 is 4.90 Å². The molecule has 0 N–H and O–H groups in total. The van der Waals surface area contributed by atoms with Crippen molar-refractivity contribution in [3.8, 4) is 0 Å². The Balaban J connectivity index is 0.000000158. The van der Waals surface area contributed by atoms with E-state index in [-0.39, 0.29) is 22.6 Å². The zero-order chi connectivity index (χ0) is 24.1. The van der Waals surface area contributed by atoms with Gasteiger partial charge in [0, 0.05) is 62.1 Å². The van der Waals surface area contributed by atoms with Crippen molar-refractivity contribution in [2.75, 3.05) is 44.2 Å². The Kier molecular flexibility index (Phi) is 5.83. The van der Waals surface area contributed by atoms with E-state index in [1.165, 1.54) is 17.3 Å². The van der Waals surface area contributed by atoms with Crippen LogP contribution in [0, 0.1) is 6.92 Å². The molecule has 0 bridgehead atoms. The van der Waals surface area contributed by atoms with Gasteiger partial charge in [-0.1, -0.05) is 17.7 Å². The minimum atomic E-state index is 0.00546. The van der Waals surface area contributed by atoms with Gasteiger partial charge in [-0.15, -0.1) is 0 Å². The first-order chi connectivity index (χ1) is 15.4. The molecular weight excluding hydrogens is 412 g/mol. The number of aryl methyl sites for hydroxylation is 1. The smallest absolute Gasteiger partial charge is 0.227 e. The molecule has 0 amide bonds. The number of allylic oxidation sites excluding steroid dienone is 1. The van der Waals surface area contributed by atoms with E-state index in [4.69, 9.17) is 0 Å². The summed E-state index contributed by atoms with van der Waals surface area (Å²) in [6, 6.07) is 8.79. The van der Waals surface area contributed by atoms with Gasteiger partial charge >= 0.3 is 0 Å². The van der Waals surface area contributed by atoms with Crippen LogP contribution in [-0.4, -0.2) is 76.6 Å². The minimum Gasteiger partial charge on any atom is -0.365 e. The van der Waals surface area contributed by atoms with E-state index in [1.54, 1.807) is 0 Å². The third-order valence-electron chi connectivity index (χ3n) is 6.12. The number of carbonyl (C=O) groups is 2. The van der Waals surface area contributed by atoms with E-state index in [0.29, 0.717) is 17.1 Å². The number of hydrogen-bond acceptors (Lipinski definition) is 6. The molecule has 1 aromatic rings. The van der Waals surface area contributed by atoms with E-state index in [0.717, 1.165) is 39.3 Å². The van der Waals surface area contributed by atoms with Crippen LogP contribution in [-0.2, 0) is 9.59 Å². The molecular formula is C27H38N4O2. The Morgan fingerprint density at radius 2 is 1.15 bits per heavy atom. The zero-order valence-electron chi connectivity index (χ0n) is 21.2. The molecule has 6 heteroatoms. The van der Waals surface area contributed by atoms with Crippen LogP contribution in [0.3, 0.4) is 0 Å². The highest BCUT2D eigenvalue weighted by Gasteiger charge is 2.43. The van der Waals surface area contributed by atoms with Crippen LogP contribution in [0.15, 0.2) is 47.4 Å². The summed E-state index contributed by atoms with van der Waals surface area (Å²) in [6.07, 6.45) is 1.52. The largest absolute Gasteiger partial charge is 0.365 e. The van der Waals surface area contributed by atoms with Gasteiger partial charge in [0.15, 0.2) is 0 Å². The molecule has 33 heavy (non-hydrogen) atoms. The van der Waals surface area contributed by atoms with Crippen LogP contribution in [0.25, 0.3) is 0 Å². The Morgan fingerprint density at radius 3 is 1.58 bits per heavy atom. The van der Waals surface area contributed by atoms with Crippen LogP contribution in [0.2, 0.25) is 0 Å². The lowest BCUT2D eigenvalue weighted by molar-refractivity contribution is -0.117. The van der Waals surface area contributed by atoms with E-state index in [9.17, 15) is 9.59 Å². The standard InChI is InChI=1S/C15H25N.C12H13N3O2/c1-12-8-10-13(11-9-12)16(14(2,3)4)15(5,6)7;16-9-7-8(13-1-2-13)12(17)11(15-5-6-15)10(9)14-3-4-14/h8-11H,1-7H3;7H,1-6H2. The predicted molar refractivity (Wildman–Crippen MR) is 133 cm³/mol. The summed E-state index contributed by atoms with van der Waals surface area (Å²) in [5, 5.41) is 0. The number of ketones is 2. The van der Waals surface area contributed by atoms with Gasteiger partial charge in [-0.25, -0.2) is 0 Å². The van der Waals surface area contributed by atoms with Gasteiger partial charge in [-0.3, -0.25) is 9.59 Å². The molecule has 6 nitrogen and oxygen atoms in total. The molecule has 4 aliphatic rings. The third-order valence-corrected chi connectivity index (χ3v) is 6.12. The lowest BCUT2D eigenvalue weighted by atomic mass is 9.94. The maximum atomic E-state index is 12.4. The predicted octanol–water partition coefficient (Wildman–Crippen LogP) is 3.58. The average molecular weight is 451 g/mol. The van der Waals surface area contributed by atoms with Gasteiger partial charge < -0.3 is 19.6 Å². The highest BCUT2D eigenvalue weighted by atomic mass is 16.1. The fourth-order valence-corrected chi connectivity index (χ4v) is 4.75. The molecule has 0 atom stereocenters. The number of carbonyl (C=O) groups excluding carboxylic acids is 2. The Morgan fingerprint density at radius 1 is 0.697 bits per heavy atom. The number of rotatable bonds is 4. The topological polar surface area (TPSA) is 46.4 Å². The summed E-state index contributed by atoms with van der Waals surface area (Å²) in [4.78, 5) is 32.9. The summed E-state index contributed by atoms with van der Waals surface area (Å²) in [5.41, 5.74) is 4.76. The highest BCUT2D eigenvalue weighted by molar-refractivity contribution is 6.22. The molecule has 3 fully saturated rings. The second kappa shape index (κ2) is 8.23. The first kappa shape index (κ1) is 23.4. The van der Waals surface area contributed by atoms with E-state index >= 15 is 0 Å². The van der Waals surface area contributed by atoms with Crippen LogP contribution in [0.4, 0.5) is 5.69 Å². The van der Waals surface area contributed by atoms with Gasteiger partial charge in [-0.2, -0.15) is 0 Å². The maximum Gasteiger partial charge on any atom is 0.227 e. The summed E-state index contributed by atoms with van der Waals surface area (Å²) < 4.78 is 0. The van der Waals surface area contributed by atoms with E-state index < -0.39 is 0 Å². The number of anilines is 1. The first-order valence-electron chi connectivity index (χ1n) is 12.0. The van der Waals surface area contributed by atoms with Gasteiger partial charge in [0.25, 0.3) is 0 Å². The maximum absolute atomic E-state index is 12.4. The average Bonchev–Trinajstić information content (AvgIpc) is 3.51. The third kappa shape index (κ3) is 5.26. The van der Waals surface area contributed by atoms with Gasteiger partial charge in [0.1, 0.15) is 11.4 Å². The zero-order valence-corrected chi connectivity index (χ0v) is 21.2. The fraction of sp³-hybridized carbons (Fsp3) is 0.556. The molecule has 178 valence electrons. The summed E-state index contributed by atoms with van der Waals surface area (Å²) in [6.45, 7) is 21.1. The summed E-state index contributed by atoms with van der Waals surface area (Å²) >= 11 is 0. The molecule has 3 aliphatic heterocycles. The Labute approximate surface area is 198 Å². The van der Waals surface area contributed by atoms with E-state index in [1.807, 2.05) is 14.7 Å². The normalized spacial score (nSPS) is 19.8. The Hall–Kier alpha value is -2.76. The van der Waals surface area contributed by atoms with Crippen molar-refractivity contribution < 1.29 is 9.59 Å². The van der Waals surface area contributed by atoms with Gasteiger partial charge in [0.2, 0.25) is 11.6 Å². The lowest BCUT2D eigenvalue weighted by Crippen LogP contribution is -2.53. The van der Waals surface area contributed by atoms with Crippen molar-refractivity contribution in [3.05, 3.63) is 53.0 Å². The van der Waals surface area contributed by atoms with Crippen molar-refractivity contribution in [2.24, 2.45) is 0 Å². The quantitative estimate of drug-likeness (QED) is 0.516. The second-order valence-corrected chi connectivity index (χ2v) is 11.4.